The van der Waals surface area contributed by atoms with E-state index in [0.717, 1.165) is 41.3 Å². The van der Waals surface area contributed by atoms with Crippen LogP contribution in [-0.4, -0.2) is 60.2 Å². The second kappa shape index (κ2) is 16.0. The molecular formula is C32H48N4O3S. The zero-order valence-corrected chi connectivity index (χ0v) is 25.8. The lowest BCUT2D eigenvalue weighted by atomic mass is 9.92. The van der Waals surface area contributed by atoms with Crippen molar-refractivity contribution in [2.75, 3.05) is 26.7 Å². The quantitative estimate of drug-likeness (QED) is 0.272. The number of fused-ring (bicyclic) bond motifs is 1. The maximum atomic E-state index is 13.6. The first kappa shape index (κ1) is 31.9. The first-order valence-corrected chi connectivity index (χ1v) is 15.8. The summed E-state index contributed by atoms with van der Waals surface area (Å²) < 4.78 is 1.10. The number of allylic oxidation sites excluding steroid dienone is 1. The van der Waals surface area contributed by atoms with E-state index in [4.69, 9.17) is 4.98 Å². The summed E-state index contributed by atoms with van der Waals surface area (Å²) in [5.41, 5.74) is 2.18. The van der Waals surface area contributed by atoms with Gasteiger partial charge in [0.05, 0.1) is 21.1 Å². The molecule has 3 rings (SSSR count). The number of ketones is 1. The minimum absolute atomic E-state index is 0.0942. The second-order valence-electron chi connectivity index (χ2n) is 11.5. The van der Waals surface area contributed by atoms with Crippen LogP contribution in [0.15, 0.2) is 30.4 Å². The van der Waals surface area contributed by atoms with E-state index in [1.807, 2.05) is 12.1 Å². The highest BCUT2D eigenvalue weighted by molar-refractivity contribution is 7.18. The molecule has 0 aliphatic carbocycles. The van der Waals surface area contributed by atoms with Gasteiger partial charge in [-0.3, -0.25) is 19.3 Å². The summed E-state index contributed by atoms with van der Waals surface area (Å²) in [6, 6.07) is 6.18. The van der Waals surface area contributed by atoms with Crippen LogP contribution in [0, 0.1) is 11.8 Å². The molecule has 0 unspecified atom stereocenters. The van der Waals surface area contributed by atoms with Crippen LogP contribution in [0.2, 0.25) is 0 Å². The van der Waals surface area contributed by atoms with Crippen LogP contribution in [0.1, 0.15) is 89.1 Å². The van der Waals surface area contributed by atoms with Crippen molar-refractivity contribution in [3.8, 4) is 0 Å². The maximum absolute atomic E-state index is 13.6. The molecule has 1 saturated heterocycles. The molecule has 0 radical (unpaired) electrons. The summed E-state index contributed by atoms with van der Waals surface area (Å²) in [4.78, 5) is 45.7. The Labute approximate surface area is 244 Å². The van der Waals surface area contributed by atoms with E-state index in [-0.39, 0.29) is 36.0 Å². The molecule has 1 aliphatic heterocycles. The molecule has 0 spiro atoms. The predicted molar refractivity (Wildman–Crippen MR) is 165 cm³/mol. The molecule has 1 aromatic carbocycles. The molecular weight excluding hydrogens is 520 g/mol. The number of rotatable bonds is 15. The normalized spacial score (nSPS) is 16.8. The van der Waals surface area contributed by atoms with Gasteiger partial charge >= 0.3 is 0 Å². The number of hydrogen-bond donors (Lipinski definition) is 2. The number of aromatic nitrogens is 1. The third kappa shape index (κ3) is 9.81. The smallest absolute Gasteiger partial charge is 0.224 e. The summed E-state index contributed by atoms with van der Waals surface area (Å²) in [5, 5.41) is 6.73. The lowest BCUT2D eigenvalue weighted by Gasteiger charge is -2.26. The minimum Gasteiger partial charge on any atom is -0.359 e. The third-order valence-electron chi connectivity index (χ3n) is 8.10. The van der Waals surface area contributed by atoms with Crippen LogP contribution in [-0.2, 0) is 20.8 Å². The molecule has 2 heterocycles. The molecule has 2 N–H and O–H groups in total. The van der Waals surface area contributed by atoms with Gasteiger partial charge in [0, 0.05) is 38.9 Å². The van der Waals surface area contributed by atoms with Crippen LogP contribution in [0.3, 0.4) is 0 Å². The van der Waals surface area contributed by atoms with Gasteiger partial charge in [-0.15, -0.1) is 11.3 Å². The van der Waals surface area contributed by atoms with Gasteiger partial charge in [0.2, 0.25) is 11.8 Å². The second-order valence-corrected chi connectivity index (χ2v) is 12.7. The highest BCUT2D eigenvalue weighted by Crippen LogP contribution is 2.28. The molecule has 0 bridgehead atoms. The van der Waals surface area contributed by atoms with Crippen LogP contribution < -0.4 is 10.6 Å². The number of hydrogen-bond acceptors (Lipinski definition) is 6. The molecule has 2 amide bonds. The zero-order chi connectivity index (χ0) is 29.1. The third-order valence-corrected chi connectivity index (χ3v) is 9.14. The van der Waals surface area contributed by atoms with Crippen LogP contribution in [0.5, 0.6) is 0 Å². The predicted octanol–water partition coefficient (Wildman–Crippen LogP) is 5.64. The van der Waals surface area contributed by atoms with Crippen LogP contribution in [0.4, 0.5) is 0 Å². The summed E-state index contributed by atoms with van der Waals surface area (Å²) in [5.74, 6) is -0.113. The van der Waals surface area contributed by atoms with E-state index in [0.29, 0.717) is 25.2 Å². The van der Waals surface area contributed by atoms with Crippen LogP contribution >= 0.6 is 11.3 Å². The first-order valence-electron chi connectivity index (χ1n) is 15.0. The molecule has 1 fully saturated rings. The number of carbonyl (C=O) groups excluding carboxylic acids is 3. The highest BCUT2D eigenvalue weighted by Gasteiger charge is 2.27. The van der Waals surface area contributed by atoms with Crippen molar-refractivity contribution in [3.63, 3.8) is 0 Å². The van der Waals surface area contributed by atoms with Crippen molar-refractivity contribution in [2.45, 2.75) is 91.0 Å². The number of amides is 2. The van der Waals surface area contributed by atoms with Gasteiger partial charge in [0.15, 0.2) is 5.78 Å². The monoisotopic (exact) mass is 568 g/mol. The van der Waals surface area contributed by atoms with E-state index in [9.17, 15) is 14.4 Å². The number of carbonyl (C=O) groups is 3. The minimum atomic E-state index is -0.531. The summed E-state index contributed by atoms with van der Waals surface area (Å²) >= 11 is 1.59. The number of thiazole rings is 1. The molecule has 1 aliphatic rings. The van der Waals surface area contributed by atoms with Gasteiger partial charge < -0.3 is 10.6 Å². The van der Waals surface area contributed by atoms with Crippen LogP contribution in [0.25, 0.3) is 10.2 Å². The molecule has 3 atom stereocenters. The van der Waals surface area contributed by atoms with Crippen molar-refractivity contribution >= 4 is 39.2 Å². The Kier molecular flexibility index (Phi) is 12.8. The maximum Gasteiger partial charge on any atom is 0.224 e. The van der Waals surface area contributed by atoms with E-state index in [2.05, 4.69) is 55.4 Å². The largest absolute Gasteiger partial charge is 0.359 e. The van der Waals surface area contributed by atoms with Crippen molar-refractivity contribution in [1.29, 1.82) is 0 Å². The molecule has 7 nitrogen and oxygen atoms in total. The Morgan fingerprint density at radius 1 is 1.12 bits per heavy atom. The van der Waals surface area contributed by atoms with Gasteiger partial charge in [-0.1, -0.05) is 52.7 Å². The molecule has 40 heavy (non-hydrogen) atoms. The fraction of sp³-hybridized carbons (Fsp3) is 0.625. The Morgan fingerprint density at radius 3 is 2.55 bits per heavy atom. The van der Waals surface area contributed by atoms with Gasteiger partial charge in [0.25, 0.3) is 0 Å². The summed E-state index contributed by atoms with van der Waals surface area (Å²) in [6.45, 7) is 11.6. The van der Waals surface area contributed by atoms with Crippen molar-refractivity contribution < 1.29 is 14.4 Å². The summed E-state index contributed by atoms with van der Waals surface area (Å²) in [7, 11) is 1.59. The number of nitrogens with one attached hydrogen (secondary N) is 2. The van der Waals surface area contributed by atoms with Gasteiger partial charge in [-0.25, -0.2) is 4.98 Å². The van der Waals surface area contributed by atoms with E-state index in [1.54, 1.807) is 24.5 Å². The van der Waals surface area contributed by atoms with Gasteiger partial charge in [-0.05, 0) is 68.0 Å². The fourth-order valence-electron chi connectivity index (χ4n) is 5.17. The number of nitrogens with zero attached hydrogens (tertiary/aromatic N) is 2. The van der Waals surface area contributed by atoms with E-state index in [1.165, 1.54) is 24.8 Å². The lowest BCUT2D eigenvalue weighted by Crippen LogP contribution is -2.44. The van der Waals surface area contributed by atoms with Gasteiger partial charge in [-0.2, -0.15) is 0 Å². The number of benzene rings is 1. The molecule has 1 aromatic heterocycles. The first-order chi connectivity index (χ1) is 19.2. The van der Waals surface area contributed by atoms with E-state index >= 15 is 0 Å². The van der Waals surface area contributed by atoms with Crippen molar-refractivity contribution in [2.24, 2.45) is 11.8 Å². The molecule has 8 heteroatoms. The fourth-order valence-corrected chi connectivity index (χ4v) is 6.27. The Morgan fingerprint density at radius 2 is 1.88 bits per heavy atom. The Balaban J connectivity index is 1.64. The van der Waals surface area contributed by atoms with E-state index < -0.39 is 5.92 Å². The number of piperidine rings is 1. The highest BCUT2D eigenvalue weighted by atomic mass is 32.1. The molecule has 220 valence electrons. The molecule has 0 saturated carbocycles. The van der Waals surface area contributed by atoms with Gasteiger partial charge in [0.1, 0.15) is 0 Å². The summed E-state index contributed by atoms with van der Waals surface area (Å²) in [6.07, 6.45) is 9.81. The molecule has 2 aromatic rings. The standard InChI is InChI=1S/C32H48N4O3S/c1-6-23(4)27(15-13-26(37)11-10-18-36-16-8-7-9-17-36)35-32(39)25(20-30(38)33-5)21-31-34-28-14-12-24(22(2)3)19-29(28)40-31/h10-12,14,19,22-23,25,27H,6-9,13,15-18,20-21H2,1-5H3,(H,33,38)(H,35,39)/b11-10+/t23-,25-,27+/m0/s1. The SMILES string of the molecule is CC[C@H](C)[C@@H](CCC(=O)/C=C/CN1CCCCC1)NC(=O)[C@@H](CC(=O)NC)Cc1nc2ccc(C(C)C)cc2s1. The van der Waals surface area contributed by atoms with Crippen molar-refractivity contribution in [3.05, 3.63) is 40.9 Å². The topological polar surface area (TPSA) is 91.4 Å². The zero-order valence-electron chi connectivity index (χ0n) is 25.0. The average Bonchev–Trinajstić information content (AvgIpc) is 3.36. The lowest BCUT2D eigenvalue weighted by molar-refractivity contribution is -0.131. The number of likely N-dealkylation sites (tertiary alicyclic amines) is 1. The Bertz CT molecular complexity index is 1150. The van der Waals surface area contributed by atoms with Crippen molar-refractivity contribution in [1.82, 2.24) is 20.5 Å². The average molecular weight is 569 g/mol. The Hall–Kier alpha value is -2.58.